The zero-order valence-electron chi connectivity index (χ0n) is 23.9. The number of nitrogens with one attached hydrogen (secondary N) is 2. The maximum atomic E-state index is 13.6. The topological polar surface area (TPSA) is 118 Å². The van der Waals surface area contributed by atoms with Crippen LogP contribution in [0.5, 0.6) is 0 Å². The van der Waals surface area contributed by atoms with Crippen molar-refractivity contribution in [1.82, 2.24) is 15.2 Å². The Hall–Kier alpha value is -4.48. The molecule has 1 aromatic heterocycles. The minimum Gasteiger partial charge on any atom is -0.444 e. The molecule has 2 unspecified atom stereocenters. The summed E-state index contributed by atoms with van der Waals surface area (Å²) >= 11 is 2.71. The van der Waals surface area contributed by atoms with Crippen molar-refractivity contribution >= 4 is 51.9 Å². The predicted molar refractivity (Wildman–Crippen MR) is 171 cm³/mol. The average Bonchev–Trinajstić information content (AvgIpc) is 3.54. The number of hydrogen-bond donors (Lipinski definition) is 2. The van der Waals surface area contributed by atoms with Gasteiger partial charge in [-0.15, -0.1) is 23.1 Å². The second-order valence-corrected chi connectivity index (χ2v) is 12.7. The number of carbonyl (C=O) groups excluding carboxylic acids is 4. The Morgan fingerprint density at radius 1 is 0.955 bits per heavy atom. The van der Waals surface area contributed by atoms with Crippen LogP contribution in [0.25, 0.3) is 11.3 Å². The summed E-state index contributed by atoms with van der Waals surface area (Å²) < 4.78 is 5.67. The van der Waals surface area contributed by atoms with E-state index >= 15 is 0 Å². The number of hydrogen-bond acceptors (Lipinski definition) is 8. The predicted octanol–water partition coefficient (Wildman–Crippen LogP) is 6.30. The van der Waals surface area contributed by atoms with E-state index in [9.17, 15) is 19.2 Å². The normalized spacial score (nSPS) is 17.6. The van der Waals surface area contributed by atoms with Gasteiger partial charge in [0.15, 0.2) is 10.9 Å². The fourth-order valence-electron chi connectivity index (χ4n) is 4.83. The molecule has 3 amide bonds. The number of ether oxygens (including phenoxy) is 1. The second kappa shape index (κ2) is 13.0. The molecule has 2 fully saturated rings. The number of carbonyl (C=O) groups is 4. The van der Waals surface area contributed by atoms with Gasteiger partial charge in [0, 0.05) is 33.9 Å². The average molecular weight is 627 g/mol. The molecule has 0 radical (unpaired) electrons. The molecule has 11 heteroatoms. The fourth-order valence-corrected chi connectivity index (χ4v) is 6.97. The van der Waals surface area contributed by atoms with Crippen molar-refractivity contribution in [3.05, 3.63) is 106 Å². The van der Waals surface area contributed by atoms with E-state index in [4.69, 9.17) is 4.74 Å². The summed E-state index contributed by atoms with van der Waals surface area (Å²) in [7, 11) is 0. The van der Waals surface area contributed by atoms with E-state index in [1.54, 1.807) is 30.3 Å². The Morgan fingerprint density at radius 2 is 1.73 bits per heavy atom. The Kier molecular flexibility index (Phi) is 8.76. The van der Waals surface area contributed by atoms with Crippen LogP contribution in [0.3, 0.4) is 0 Å². The number of amides is 3. The van der Waals surface area contributed by atoms with Gasteiger partial charge in [0.05, 0.1) is 5.69 Å². The zero-order valence-corrected chi connectivity index (χ0v) is 25.5. The molecule has 4 aromatic rings. The summed E-state index contributed by atoms with van der Waals surface area (Å²) in [5, 5.41) is 7.57. The summed E-state index contributed by atoms with van der Waals surface area (Å²) in [4.78, 5) is 57.5. The third-order valence-electron chi connectivity index (χ3n) is 7.39. The Labute approximate surface area is 263 Å². The lowest BCUT2D eigenvalue weighted by Crippen LogP contribution is -2.45. The molecule has 0 bridgehead atoms. The molecule has 2 N–H and O–H groups in total. The number of thiazole rings is 1. The second-order valence-electron chi connectivity index (χ2n) is 10.7. The van der Waals surface area contributed by atoms with Crippen LogP contribution in [0.2, 0.25) is 0 Å². The number of benzene rings is 3. The first-order valence-electron chi connectivity index (χ1n) is 14.2. The number of nitrogens with zero attached hydrogens (tertiary/aromatic N) is 2. The molecule has 0 spiro atoms. The summed E-state index contributed by atoms with van der Waals surface area (Å²) in [6, 6.07) is 23.1. The zero-order chi connectivity index (χ0) is 30.6. The molecule has 2 atom stereocenters. The van der Waals surface area contributed by atoms with Crippen LogP contribution in [-0.4, -0.2) is 51.4 Å². The molecule has 2 aliphatic rings. The third kappa shape index (κ3) is 6.84. The quantitative estimate of drug-likeness (QED) is 0.210. The van der Waals surface area contributed by atoms with Gasteiger partial charge in [-0.2, -0.15) is 0 Å². The van der Waals surface area contributed by atoms with Gasteiger partial charge >= 0.3 is 6.09 Å². The molecule has 9 nitrogen and oxygen atoms in total. The summed E-state index contributed by atoms with van der Waals surface area (Å²) in [6.45, 7) is 1.55. The van der Waals surface area contributed by atoms with Crippen molar-refractivity contribution in [3.63, 3.8) is 0 Å². The van der Waals surface area contributed by atoms with Gasteiger partial charge in [0.2, 0.25) is 5.91 Å². The summed E-state index contributed by atoms with van der Waals surface area (Å²) in [5.74, 6) is -0.215. The fraction of sp³-hybridized carbons (Fsp3) is 0.242. The third-order valence-corrected chi connectivity index (χ3v) is 9.47. The monoisotopic (exact) mass is 626 g/mol. The smallest absolute Gasteiger partial charge is 0.412 e. The highest BCUT2D eigenvalue weighted by Crippen LogP contribution is 2.42. The van der Waals surface area contributed by atoms with Crippen molar-refractivity contribution in [2.45, 2.75) is 43.8 Å². The first-order chi connectivity index (χ1) is 21.4. The highest BCUT2D eigenvalue weighted by molar-refractivity contribution is 7.99. The van der Waals surface area contributed by atoms with Gasteiger partial charge in [-0.3, -0.25) is 19.3 Å². The van der Waals surface area contributed by atoms with Crippen molar-refractivity contribution < 1.29 is 23.9 Å². The van der Waals surface area contributed by atoms with E-state index in [2.05, 4.69) is 15.6 Å². The van der Waals surface area contributed by atoms with Gasteiger partial charge < -0.3 is 15.4 Å². The largest absolute Gasteiger partial charge is 0.444 e. The molecule has 1 aliphatic carbocycles. The van der Waals surface area contributed by atoms with E-state index < -0.39 is 17.5 Å². The van der Waals surface area contributed by atoms with E-state index in [-0.39, 0.29) is 30.2 Å². The van der Waals surface area contributed by atoms with E-state index in [0.29, 0.717) is 27.7 Å². The molecule has 1 saturated heterocycles. The van der Waals surface area contributed by atoms with Gasteiger partial charge in [0.1, 0.15) is 18.0 Å². The van der Waals surface area contributed by atoms with Gasteiger partial charge in [-0.05, 0) is 49.1 Å². The number of rotatable bonds is 9. The molecule has 2 heterocycles. The van der Waals surface area contributed by atoms with Crippen molar-refractivity contribution in [3.8, 4) is 11.3 Å². The van der Waals surface area contributed by atoms with Crippen molar-refractivity contribution in [2.24, 2.45) is 0 Å². The van der Waals surface area contributed by atoms with Crippen LogP contribution in [0, 0.1) is 0 Å². The molecule has 1 aliphatic heterocycles. The molecular formula is C33H30N4O5S2. The number of anilines is 1. The van der Waals surface area contributed by atoms with E-state index in [1.165, 1.54) is 34.9 Å². The number of aromatic nitrogens is 1. The lowest BCUT2D eigenvalue weighted by atomic mass is 10.1. The molecule has 3 aromatic carbocycles. The van der Waals surface area contributed by atoms with Crippen LogP contribution in [0.4, 0.5) is 9.93 Å². The number of Topliss-reactive ketones (excluding diaryl/α,β-unsaturated/α-hetero) is 1. The lowest BCUT2D eigenvalue weighted by Gasteiger charge is -2.28. The van der Waals surface area contributed by atoms with Gasteiger partial charge in [0.25, 0.3) is 5.91 Å². The highest BCUT2D eigenvalue weighted by atomic mass is 32.2. The Bertz CT molecular complexity index is 1690. The van der Waals surface area contributed by atoms with Crippen molar-refractivity contribution in [1.29, 1.82) is 0 Å². The molecule has 6 rings (SSSR count). The summed E-state index contributed by atoms with van der Waals surface area (Å²) in [6.07, 6.45) is 1.43. The highest BCUT2D eigenvalue weighted by Gasteiger charge is 2.43. The van der Waals surface area contributed by atoms with E-state index in [0.717, 1.165) is 29.5 Å². The van der Waals surface area contributed by atoms with Crippen LogP contribution < -0.4 is 10.6 Å². The van der Waals surface area contributed by atoms with Crippen molar-refractivity contribution in [2.75, 3.05) is 11.1 Å². The Morgan fingerprint density at radius 3 is 2.45 bits per heavy atom. The molecule has 44 heavy (non-hydrogen) atoms. The van der Waals surface area contributed by atoms with Crippen LogP contribution >= 0.6 is 23.1 Å². The van der Waals surface area contributed by atoms with Gasteiger partial charge in [-0.25, -0.2) is 9.78 Å². The van der Waals surface area contributed by atoms with Crippen LogP contribution in [0.15, 0.2) is 84.2 Å². The molecule has 1 saturated carbocycles. The molecular weight excluding hydrogens is 597 g/mol. The van der Waals surface area contributed by atoms with Crippen LogP contribution in [0.1, 0.15) is 57.0 Å². The maximum absolute atomic E-state index is 13.6. The van der Waals surface area contributed by atoms with Crippen LogP contribution in [-0.2, 0) is 16.1 Å². The standard InChI is InChI=1S/C33H30N4O5S2/c1-20(38)24-8-5-9-25(16-24)31-37(33(41)42-17-21-6-3-2-4-7-21)28(19-43-31)30(40)36-32-35-27(18-44-32)22-10-12-23(13-11-22)29(39)34-26-14-15-26/h2-13,16,18,26,28,31H,14-15,17,19H2,1H3,(H,34,39)(H,35,36,40). The lowest BCUT2D eigenvalue weighted by molar-refractivity contribution is -0.120. The van der Waals surface area contributed by atoms with Gasteiger partial charge in [-0.1, -0.05) is 60.7 Å². The van der Waals surface area contributed by atoms with E-state index in [1.807, 2.05) is 53.9 Å². The summed E-state index contributed by atoms with van der Waals surface area (Å²) in [5.41, 5.74) is 4.17. The first kappa shape index (κ1) is 29.6. The number of thioether (sulfide) groups is 1. The molecule has 224 valence electrons. The SMILES string of the molecule is CC(=O)c1cccc(C2SCC(C(=O)Nc3nc(-c4ccc(C(=O)NC5CC5)cc4)cs3)N2C(=O)OCc2ccccc2)c1. The Balaban J connectivity index is 1.17. The first-order valence-corrected chi connectivity index (χ1v) is 16.2. The maximum Gasteiger partial charge on any atom is 0.412 e. The number of ketones is 1. The minimum atomic E-state index is -0.828. The minimum absolute atomic E-state index is 0.0618.